The maximum absolute atomic E-state index is 10.5. The van der Waals surface area contributed by atoms with Crippen LogP contribution in [0.2, 0.25) is 0 Å². The van der Waals surface area contributed by atoms with Crippen molar-refractivity contribution in [2.24, 2.45) is 0 Å². The molecule has 0 bridgehead atoms. The molecule has 0 spiro atoms. The van der Waals surface area contributed by atoms with Gasteiger partial charge in [-0.15, -0.1) is 0 Å². The minimum atomic E-state index is -2.16. The van der Waals surface area contributed by atoms with Crippen LogP contribution in [0.3, 0.4) is 0 Å². The molecule has 1 aromatic carbocycles. The molecule has 0 radical (unpaired) electrons. The third-order valence-electron chi connectivity index (χ3n) is 1.57. The Balaban J connectivity index is 2.91. The largest absolute Gasteiger partial charge is 0.546 e. The van der Waals surface area contributed by atoms with Gasteiger partial charge >= 0.3 is 8.03 Å². The van der Waals surface area contributed by atoms with Crippen molar-refractivity contribution in [3.05, 3.63) is 29.8 Å². The molecule has 0 saturated heterocycles. The van der Waals surface area contributed by atoms with E-state index >= 15 is 0 Å². The SMILES string of the molecule is CCc1ccc([P+](=O)O)cc1. The van der Waals surface area contributed by atoms with E-state index in [9.17, 15) is 4.57 Å². The van der Waals surface area contributed by atoms with Crippen LogP contribution in [0.15, 0.2) is 24.3 Å². The van der Waals surface area contributed by atoms with E-state index in [0.717, 1.165) is 6.42 Å². The van der Waals surface area contributed by atoms with Crippen LogP contribution in [0.4, 0.5) is 0 Å². The van der Waals surface area contributed by atoms with Crippen LogP contribution in [-0.2, 0) is 11.0 Å². The molecule has 1 aromatic rings. The minimum Gasteiger partial charge on any atom is -0.156 e. The Bertz CT molecular complexity index is 253. The summed E-state index contributed by atoms with van der Waals surface area (Å²) in [5.41, 5.74) is 1.19. The smallest absolute Gasteiger partial charge is 0.156 e. The molecule has 0 aliphatic heterocycles. The standard InChI is InChI=1S/C8H9O2P/c1-2-7-3-5-8(6-4-7)11(9)10/h3-6H,2H2,1H3/p+1. The van der Waals surface area contributed by atoms with Crippen molar-refractivity contribution in [3.8, 4) is 0 Å². The molecule has 1 unspecified atom stereocenters. The van der Waals surface area contributed by atoms with Gasteiger partial charge < -0.3 is 0 Å². The molecule has 0 fully saturated rings. The molecule has 1 atom stereocenters. The van der Waals surface area contributed by atoms with Gasteiger partial charge in [0.15, 0.2) is 0 Å². The van der Waals surface area contributed by atoms with Gasteiger partial charge in [0.25, 0.3) is 0 Å². The molecule has 1 N–H and O–H groups in total. The first kappa shape index (κ1) is 8.38. The van der Waals surface area contributed by atoms with Gasteiger partial charge in [0.05, 0.1) is 0 Å². The van der Waals surface area contributed by atoms with Crippen LogP contribution in [0.25, 0.3) is 0 Å². The van der Waals surface area contributed by atoms with Crippen molar-refractivity contribution < 1.29 is 9.46 Å². The zero-order chi connectivity index (χ0) is 8.27. The van der Waals surface area contributed by atoms with Gasteiger partial charge in [-0.05, 0) is 28.7 Å². The fraction of sp³-hybridized carbons (Fsp3) is 0.250. The molecule has 0 amide bonds. The molecule has 0 saturated carbocycles. The molecule has 58 valence electrons. The maximum atomic E-state index is 10.5. The highest BCUT2D eigenvalue weighted by Gasteiger charge is 2.13. The molecule has 1 rings (SSSR count). The second kappa shape index (κ2) is 3.61. The summed E-state index contributed by atoms with van der Waals surface area (Å²) in [6, 6.07) is 7.13. The molecule has 2 nitrogen and oxygen atoms in total. The highest BCUT2D eigenvalue weighted by atomic mass is 31.1. The summed E-state index contributed by atoms with van der Waals surface area (Å²) in [7, 11) is -2.16. The predicted molar refractivity (Wildman–Crippen MR) is 45.3 cm³/mol. The second-order valence-electron chi connectivity index (χ2n) is 2.29. The molecule has 0 aliphatic carbocycles. The predicted octanol–water partition coefficient (Wildman–Crippen LogP) is 1.61. The lowest BCUT2D eigenvalue weighted by Crippen LogP contribution is -1.94. The van der Waals surface area contributed by atoms with E-state index in [2.05, 4.69) is 0 Å². The number of benzene rings is 1. The van der Waals surface area contributed by atoms with Gasteiger partial charge in [-0.25, -0.2) is 0 Å². The number of rotatable bonds is 2. The molecule has 0 aromatic heterocycles. The van der Waals surface area contributed by atoms with Gasteiger partial charge in [-0.2, -0.15) is 4.89 Å². The summed E-state index contributed by atoms with van der Waals surface area (Å²) in [5.74, 6) is 0. The molecule has 0 aliphatic rings. The lowest BCUT2D eigenvalue weighted by atomic mass is 10.2. The number of aryl methyl sites for hydroxylation is 1. The summed E-state index contributed by atoms with van der Waals surface area (Å²) < 4.78 is 10.5. The molecule has 11 heavy (non-hydrogen) atoms. The zero-order valence-corrected chi connectivity index (χ0v) is 7.21. The molecule has 3 heteroatoms. The van der Waals surface area contributed by atoms with Gasteiger partial charge in [-0.3, -0.25) is 0 Å². The van der Waals surface area contributed by atoms with E-state index < -0.39 is 8.03 Å². The Hall–Kier alpha value is -0.720. The fourth-order valence-corrected chi connectivity index (χ4v) is 1.26. The average molecular weight is 169 g/mol. The molecule has 0 heterocycles. The van der Waals surface area contributed by atoms with Crippen molar-refractivity contribution in [2.45, 2.75) is 13.3 Å². The Morgan fingerprint density at radius 2 is 1.91 bits per heavy atom. The van der Waals surface area contributed by atoms with Gasteiger partial charge in [0.1, 0.15) is 0 Å². The third kappa shape index (κ3) is 2.11. The van der Waals surface area contributed by atoms with Crippen molar-refractivity contribution in [2.75, 3.05) is 0 Å². The summed E-state index contributed by atoms with van der Waals surface area (Å²) >= 11 is 0. The molecular formula is C8H10O2P+. The highest BCUT2D eigenvalue weighted by Crippen LogP contribution is 2.12. The summed E-state index contributed by atoms with van der Waals surface area (Å²) in [5, 5.41) is 0.497. The monoisotopic (exact) mass is 169 g/mol. The van der Waals surface area contributed by atoms with Crippen LogP contribution < -0.4 is 5.30 Å². The third-order valence-corrected chi connectivity index (χ3v) is 2.31. The number of hydrogen-bond acceptors (Lipinski definition) is 1. The van der Waals surface area contributed by atoms with Crippen LogP contribution in [0.5, 0.6) is 0 Å². The van der Waals surface area contributed by atoms with E-state index in [-0.39, 0.29) is 0 Å². The first-order chi connectivity index (χ1) is 5.24. The first-order valence-corrected chi connectivity index (χ1v) is 4.70. The quantitative estimate of drug-likeness (QED) is 0.683. The number of hydrogen-bond donors (Lipinski definition) is 1. The summed E-state index contributed by atoms with van der Waals surface area (Å²) in [4.78, 5) is 8.70. The zero-order valence-electron chi connectivity index (χ0n) is 6.32. The van der Waals surface area contributed by atoms with Crippen molar-refractivity contribution in [3.63, 3.8) is 0 Å². The summed E-state index contributed by atoms with van der Waals surface area (Å²) in [6.45, 7) is 2.05. The van der Waals surface area contributed by atoms with Gasteiger partial charge in [0.2, 0.25) is 5.30 Å². The topological polar surface area (TPSA) is 37.3 Å². The average Bonchev–Trinajstić information content (AvgIpc) is 2.05. The normalized spacial score (nSPS) is 11.3. The van der Waals surface area contributed by atoms with Crippen LogP contribution in [0.1, 0.15) is 12.5 Å². The molecular weight excluding hydrogens is 159 g/mol. The van der Waals surface area contributed by atoms with Crippen molar-refractivity contribution in [1.82, 2.24) is 0 Å². The lowest BCUT2D eigenvalue weighted by Gasteiger charge is -1.91. The highest BCUT2D eigenvalue weighted by molar-refractivity contribution is 7.47. The van der Waals surface area contributed by atoms with Crippen molar-refractivity contribution >= 4 is 13.3 Å². The van der Waals surface area contributed by atoms with E-state index in [4.69, 9.17) is 4.89 Å². The van der Waals surface area contributed by atoms with Crippen molar-refractivity contribution in [1.29, 1.82) is 0 Å². The Morgan fingerprint density at radius 3 is 2.27 bits per heavy atom. The van der Waals surface area contributed by atoms with Crippen LogP contribution >= 0.6 is 8.03 Å². The summed E-state index contributed by atoms with van der Waals surface area (Å²) in [6.07, 6.45) is 0.961. The Kier molecular flexibility index (Phi) is 2.75. The maximum Gasteiger partial charge on any atom is 0.546 e. The Morgan fingerprint density at radius 1 is 1.36 bits per heavy atom. The van der Waals surface area contributed by atoms with E-state index in [0.29, 0.717) is 5.30 Å². The minimum absolute atomic E-state index is 0.497. The van der Waals surface area contributed by atoms with Gasteiger partial charge in [0, 0.05) is 0 Å². The fourth-order valence-electron chi connectivity index (χ4n) is 0.859. The Labute approximate surface area is 66.7 Å². The van der Waals surface area contributed by atoms with E-state index in [1.165, 1.54) is 5.56 Å². The van der Waals surface area contributed by atoms with E-state index in [1.807, 2.05) is 19.1 Å². The van der Waals surface area contributed by atoms with Gasteiger partial charge in [-0.1, -0.05) is 19.1 Å². The first-order valence-electron chi connectivity index (χ1n) is 3.49. The van der Waals surface area contributed by atoms with Crippen LogP contribution in [-0.4, -0.2) is 4.89 Å². The lowest BCUT2D eigenvalue weighted by molar-refractivity contribution is 0.513. The second-order valence-corrected chi connectivity index (χ2v) is 3.36. The van der Waals surface area contributed by atoms with E-state index in [1.54, 1.807) is 12.1 Å². The van der Waals surface area contributed by atoms with Crippen LogP contribution in [0, 0.1) is 0 Å².